The molecule has 1 heterocycles. The second kappa shape index (κ2) is 11.3. The number of hydrogen-bond acceptors (Lipinski definition) is 4. The molecular formula is C19H30ClFN2O2. The molecule has 1 atom stereocenters. The van der Waals surface area contributed by atoms with Crippen molar-refractivity contribution in [1.82, 2.24) is 10.2 Å². The van der Waals surface area contributed by atoms with E-state index in [0.717, 1.165) is 51.9 Å². The lowest BCUT2D eigenvalue weighted by Gasteiger charge is -2.35. The molecule has 1 aromatic rings. The summed E-state index contributed by atoms with van der Waals surface area (Å²) in [4.78, 5) is 2.37. The van der Waals surface area contributed by atoms with Crippen LogP contribution in [0.25, 0.3) is 0 Å². The Hall–Kier alpha value is -1.30. The third-order valence-corrected chi connectivity index (χ3v) is 4.59. The van der Waals surface area contributed by atoms with E-state index in [-0.39, 0.29) is 24.3 Å². The van der Waals surface area contributed by atoms with Gasteiger partial charge in [0.25, 0.3) is 0 Å². The summed E-state index contributed by atoms with van der Waals surface area (Å²) in [6.45, 7) is 7.52. The summed E-state index contributed by atoms with van der Waals surface area (Å²) in [7, 11) is 3.11. The molecule has 1 N–H and O–H groups in total. The van der Waals surface area contributed by atoms with Crippen molar-refractivity contribution in [3.05, 3.63) is 36.2 Å². The highest BCUT2D eigenvalue weighted by Gasteiger charge is 2.26. The average Bonchev–Trinajstić information content (AvgIpc) is 2.63. The van der Waals surface area contributed by atoms with Crippen LogP contribution in [0.3, 0.4) is 0 Å². The Labute approximate surface area is 156 Å². The van der Waals surface area contributed by atoms with Gasteiger partial charge in [-0.3, -0.25) is 4.90 Å². The first-order valence-electron chi connectivity index (χ1n) is 8.68. The zero-order chi connectivity index (χ0) is 17.4. The molecule has 4 nitrogen and oxygen atoms in total. The number of halogens is 2. The first-order chi connectivity index (χ1) is 11.7. The SMILES string of the molecule is C=CCCCC[C@H](c1cc(OC)c(OC)cc1F)N1CCNCC1.Cl. The van der Waals surface area contributed by atoms with E-state index in [9.17, 15) is 4.39 Å². The lowest BCUT2D eigenvalue weighted by Crippen LogP contribution is -2.45. The Morgan fingerprint density at radius 1 is 1.20 bits per heavy atom. The van der Waals surface area contributed by atoms with Gasteiger partial charge in [0.15, 0.2) is 11.5 Å². The fourth-order valence-electron chi connectivity index (χ4n) is 3.28. The number of piperazine rings is 1. The zero-order valence-corrected chi connectivity index (χ0v) is 16.0. The quantitative estimate of drug-likeness (QED) is 0.525. The van der Waals surface area contributed by atoms with Crippen molar-refractivity contribution in [2.75, 3.05) is 40.4 Å². The van der Waals surface area contributed by atoms with Gasteiger partial charge in [-0.05, 0) is 25.3 Å². The summed E-state index contributed by atoms with van der Waals surface area (Å²) in [5.74, 6) is 0.796. The molecule has 0 saturated carbocycles. The molecule has 1 aliphatic rings. The molecule has 0 aromatic heterocycles. The molecule has 0 radical (unpaired) electrons. The molecule has 1 saturated heterocycles. The van der Waals surface area contributed by atoms with E-state index >= 15 is 0 Å². The maximum Gasteiger partial charge on any atom is 0.163 e. The summed E-state index contributed by atoms with van der Waals surface area (Å²) >= 11 is 0. The van der Waals surface area contributed by atoms with E-state index in [4.69, 9.17) is 9.47 Å². The number of benzene rings is 1. The van der Waals surface area contributed by atoms with Crippen LogP contribution < -0.4 is 14.8 Å². The molecular weight excluding hydrogens is 343 g/mol. The Bertz CT molecular complexity index is 536. The van der Waals surface area contributed by atoms with Crippen molar-refractivity contribution >= 4 is 12.4 Å². The van der Waals surface area contributed by atoms with E-state index in [1.54, 1.807) is 13.2 Å². The number of allylic oxidation sites excluding steroid dienone is 1. The standard InChI is InChI=1S/C19H29FN2O2.ClH/c1-4-5-6-7-8-17(22-11-9-21-10-12-22)15-13-18(23-2)19(24-3)14-16(15)20;/h4,13-14,17,21H,1,5-12H2,2-3H3;1H/t17-;/m1./s1. The van der Waals surface area contributed by atoms with Crippen LogP contribution in [-0.4, -0.2) is 45.3 Å². The van der Waals surface area contributed by atoms with Crippen molar-refractivity contribution < 1.29 is 13.9 Å². The number of nitrogens with one attached hydrogen (secondary N) is 1. The number of hydrogen-bond donors (Lipinski definition) is 1. The Balaban J connectivity index is 0.00000312. The second-order valence-electron chi connectivity index (χ2n) is 6.10. The maximum atomic E-state index is 14.7. The van der Waals surface area contributed by atoms with Crippen LogP contribution in [0.5, 0.6) is 11.5 Å². The van der Waals surface area contributed by atoms with Crippen LogP contribution in [0.2, 0.25) is 0 Å². The first kappa shape index (κ1) is 21.7. The molecule has 1 fully saturated rings. The van der Waals surface area contributed by atoms with Gasteiger partial charge in [-0.2, -0.15) is 0 Å². The van der Waals surface area contributed by atoms with Gasteiger partial charge in [0.05, 0.1) is 14.2 Å². The largest absolute Gasteiger partial charge is 0.493 e. The fourth-order valence-corrected chi connectivity index (χ4v) is 3.28. The Kier molecular flexibility index (Phi) is 9.86. The van der Waals surface area contributed by atoms with Crippen molar-refractivity contribution in [3.63, 3.8) is 0 Å². The lowest BCUT2D eigenvalue weighted by atomic mass is 9.97. The molecule has 1 aromatic carbocycles. The minimum atomic E-state index is -0.222. The molecule has 6 heteroatoms. The van der Waals surface area contributed by atoms with Gasteiger partial charge < -0.3 is 14.8 Å². The Morgan fingerprint density at radius 2 is 1.84 bits per heavy atom. The summed E-state index contributed by atoms with van der Waals surface area (Å²) in [5, 5.41) is 3.36. The van der Waals surface area contributed by atoms with E-state index in [1.807, 2.05) is 6.08 Å². The first-order valence-corrected chi connectivity index (χ1v) is 8.68. The van der Waals surface area contributed by atoms with Crippen molar-refractivity contribution in [1.29, 1.82) is 0 Å². The van der Waals surface area contributed by atoms with Crippen LogP contribution in [-0.2, 0) is 0 Å². The normalized spacial score (nSPS) is 16.0. The number of unbranched alkanes of at least 4 members (excludes halogenated alkanes) is 2. The van der Waals surface area contributed by atoms with Crippen LogP contribution in [0, 0.1) is 5.82 Å². The third kappa shape index (κ3) is 5.87. The van der Waals surface area contributed by atoms with Gasteiger partial charge >= 0.3 is 0 Å². The van der Waals surface area contributed by atoms with E-state index in [1.165, 1.54) is 13.2 Å². The molecule has 0 aliphatic carbocycles. The summed E-state index contributed by atoms with van der Waals surface area (Å²) < 4.78 is 25.3. The van der Waals surface area contributed by atoms with E-state index < -0.39 is 0 Å². The molecule has 0 spiro atoms. The minimum absolute atomic E-state index is 0. The summed E-state index contributed by atoms with van der Waals surface area (Å²) in [5.41, 5.74) is 0.702. The molecule has 0 bridgehead atoms. The van der Waals surface area contributed by atoms with Crippen LogP contribution in [0.1, 0.15) is 37.3 Å². The number of methoxy groups -OCH3 is 2. The average molecular weight is 373 g/mol. The lowest BCUT2D eigenvalue weighted by molar-refractivity contribution is 0.159. The minimum Gasteiger partial charge on any atom is -0.493 e. The number of nitrogens with zero attached hydrogens (tertiary/aromatic N) is 1. The maximum absolute atomic E-state index is 14.7. The molecule has 1 aliphatic heterocycles. The van der Waals surface area contributed by atoms with E-state index in [2.05, 4.69) is 16.8 Å². The highest BCUT2D eigenvalue weighted by molar-refractivity contribution is 5.85. The van der Waals surface area contributed by atoms with Crippen molar-refractivity contribution in [3.8, 4) is 11.5 Å². The van der Waals surface area contributed by atoms with Gasteiger partial charge in [0.2, 0.25) is 0 Å². The Morgan fingerprint density at radius 3 is 2.44 bits per heavy atom. The topological polar surface area (TPSA) is 33.7 Å². The molecule has 0 unspecified atom stereocenters. The number of ether oxygens (including phenoxy) is 2. The monoisotopic (exact) mass is 372 g/mol. The summed E-state index contributed by atoms with van der Waals surface area (Å²) in [6, 6.07) is 3.30. The van der Waals surface area contributed by atoms with Gasteiger partial charge in [-0.15, -0.1) is 19.0 Å². The predicted octanol–water partition coefficient (Wildman–Crippen LogP) is 3.96. The molecule has 142 valence electrons. The van der Waals surface area contributed by atoms with Crippen LogP contribution in [0.4, 0.5) is 4.39 Å². The van der Waals surface area contributed by atoms with Gasteiger partial charge in [0.1, 0.15) is 5.82 Å². The van der Waals surface area contributed by atoms with Crippen LogP contribution in [0.15, 0.2) is 24.8 Å². The molecule has 2 rings (SSSR count). The summed E-state index contributed by atoms with van der Waals surface area (Å²) in [6.07, 6.45) is 6.01. The van der Waals surface area contributed by atoms with Gasteiger partial charge in [0, 0.05) is 43.9 Å². The number of rotatable bonds is 9. The smallest absolute Gasteiger partial charge is 0.163 e. The zero-order valence-electron chi connectivity index (χ0n) is 15.2. The molecule has 0 amide bonds. The third-order valence-electron chi connectivity index (χ3n) is 4.59. The highest BCUT2D eigenvalue weighted by atomic mass is 35.5. The second-order valence-corrected chi connectivity index (χ2v) is 6.10. The van der Waals surface area contributed by atoms with Crippen molar-refractivity contribution in [2.24, 2.45) is 0 Å². The fraction of sp³-hybridized carbons (Fsp3) is 0.579. The predicted molar refractivity (Wildman–Crippen MR) is 103 cm³/mol. The molecule has 25 heavy (non-hydrogen) atoms. The van der Waals surface area contributed by atoms with Gasteiger partial charge in [-0.25, -0.2) is 4.39 Å². The van der Waals surface area contributed by atoms with Crippen molar-refractivity contribution in [2.45, 2.75) is 31.7 Å². The van der Waals surface area contributed by atoms with E-state index in [0.29, 0.717) is 17.1 Å². The van der Waals surface area contributed by atoms with Crippen LogP contribution >= 0.6 is 12.4 Å². The highest BCUT2D eigenvalue weighted by Crippen LogP contribution is 2.36. The van der Waals surface area contributed by atoms with Gasteiger partial charge in [-0.1, -0.05) is 12.5 Å².